The molecule has 0 heterocycles. The van der Waals surface area contributed by atoms with Gasteiger partial charge in [0.15, 0.2) is 5.78 Å². The summed E-state index contributed by atoms with van der Waals surface area (Å²) in [6.45, 7) is 3.47. The fraction of sp³-hybridized carbons (Fsp3) is 0.474. The molecule has 4 amide bonds. The van der Waals surface area contributed by atoms with E-state index in [0.717, 1.165) is 11.3 Å². The van der Waals surface area contributed by atoms with Crippen molar-refractivity contribution in [1.82, 2.24) is 15.5 Å². The smallest absolute Gasteiger partial charge is 0.404 e. The first-order chi connectivity index (χ1) is 13.3. The number of aliphatic hydroxyl groups excluding tert-OH is 1. The van der Waals surface area contributed by atoms with Crippen LogP contribution in [0.3, 0.4) is 0 Å². The van der Waals surface area contributed by atoms with Gasteiger partial charge in [-0.1, -0.05) is 32.4 Å². The molecule has 154 valence electrons. The molecule has 0 radical (unpaired) electrons. The number of nitrogens with one attached hydrogen (secondary N) is 2. The molecular formula is C19H27N3O6. The topological polar surface area (TPSA) is 136 Å². The fourth-order valence-electron chi connectivity index (χ4n) is 2.33. The Morgan fingerprint density at radius 1 is 1.18 bits per heavy atom. The first kappa shape index (κ1) is 23.1. The number of Topliss-reactive ketones (excluding diaryl/α,β-unsaturated/α-hetero) is 1. The Kier molecular flexibility index (Phi) is 9.66. The summed E-state index contributed by atoms with van der Waals surface area (Å²) in [6.07, 6.45) is -0.497. The number of carbonyl (C=O) groups is 4. The van der Waals surface area contributed by atoms with Crippen molar-refractivity contribution in [3.63, 3.8) is 0 Å². The van der Waals surface area contributed by atoms with E-state index in [1.807, 2.05) is 13.8 Å². The Hall–Kier alpha value is -2.94. The zero-order valence-corrected chi connectivity index (χ0v) is 16.1. The maximum atomic E-state index is 12.9. The van der Waals surface area contributed by atoms with Gasteiger partial charge in [-0.3, -0.25) is 14.5 Å². The second kappa shape index (κ2) is 11.7. The summed E-state index contributed by atoms with van der Waals surface area (Å²) >= 11 is 0. The van der Waals surface area contributed by atoms with Crippen LogP contribution in [-0.2, 0) is 11.3 Å². The van der Waals surface area contributed by atoms with Crippen molar-refractivity contribution in [3.8, 4) is 0 Å². The van der Waals surface area contributed by atoms with E-state index in [9.17, 15) is 19.2 Å². The minimum Gasteiger partial charge on any atom is -0.465 e. The average molecular weight is 393 g/mol. The lowest BCUT2D eigenvalue weighted by Crippen LogP contribution is -2.47. The van der Waals surface area contributed by atoms with E-state index in [4.69, 9.17) is 10.2 Å². The molecule has 0 bridgehead atoms. The predicted molar refractivity (Wildman–Crippen MR) is 102 cm³/mol. The first-order valence-electron chi connectivity index (χ1n) is 9.06. The lowest BCUT2D eigenvalue weighted by molar-refractivity contribution is -0.118. The van der Waals surface area contributed by atoms with Crippen LogP contribution in [0.4, 0.5) is 9.59 Å². The number of rotatable bonds is 10. The summed E-state index contributed by atoms with van der Waals surface area (Å²) in [5.74, 6) is -0.821. The third-order valence-electron chi connectivity index (χ3n) is 4.13. The zero-order valence-electron chi connectivity index (χ0n) is 16.1. The highest BCUT2D eigenvalue weighted by atomic mass is 16.4. The number of nitrogens with zero attached hydrogens (tertiary/aromatic N) is 1. The molecule has 1 aromatic rings. The SMILES string of the molecule is CCC(C)CN(C(=O)NCC(=O)CCO)C(=O)c1cccc(CNC(=O)O)c1. The van der Waals surface area contributed by atoms with Gasteiger partial charge in [0.05, 0.1) is 13.2 Å². The summed E-state index contributed by atoms with van der Waals surface area (Å²) in [6, 6.07) is 5.65. The van der Waals surface area contributed by atoms with Crippen molar-refractivity contribution >= 4 is 23.8 Å². The molecule has 0 spiro atoms. The number of ketones is 1. The lowest BCUT2D eigenvalue weighted by atomic mass is 10.1. The van der Waals surface area contributed by atoms with Gasteiger partial charge in [0, 0.05) is 25.1 Å². The van der Waals surface area contributed by atoms with Crippen LogP contribution >= 0.6 is 0 Å². The number of imide groups is 1. The van der Waals surface area contributed by atoms with E-state index in [0.29, 0.717) is 5.56 Å². The molecule has 0 aliphatic heterocycles. The van der Waals surface area contributed by atoms with E-state index < -0.39 is 18.0 Å². The molecule has 9 heteroatoms. The molecule has 0 aliphatic carbocycles. The third kappa shape index (κ3) is 7.75. The normalized spacial score (nSPS) is 11.4. The third-order valence-corrected chi connectivity index (χ3v) is 4.13. The molecule has 1 aromatic carbocycles. The van der Waals surface area contributed by atoms with Gasteiger partial charge in [-0.2, -0.15) is 0 Å². The van der Waals surface area contributed by atoms with Crippen LogP contribution in [-0.4, -0.2) is 58.6 Å². The summed E-state index contributed by atoms with van der Waals surface area (Å²) in [7, 11) is 0. The number of amides is 4. The summed E-state index contributed by atoms with van der Waals surface area (Å²) in [5, 5.41) is 22.1. The number of carbonyl (C=O) groups excluding carboxylic acids is 3. The largest absolute Gasteiger partial charge is 0.465 e. The van der Waals surface area contributed by atoms with Crippen molar-refractivity contribution in [2.24, 2.45) is 5.92 Å². The number of urea groups is 1. The van der Waals surface area contributed by atoms with Crippen molar-refractivity contribution < 1.29 is 29.4 Å². The predicted octanol–water partition coefficient (Wildman–Crippen LogP) is 1.60. The zero-order chi connectivity index (χ0) is 21.1. The molecule has 4 N–H and O–H groups in total. The molecule has 0 saturated carbocycles. The van der Waals surface area contributed by atoms with E-state index >= 15 is 0 Å². The maximum absolute atomic E-state index is 12.9. The monoisotopic (exact) mass is 393 g/mol. The number of aliphatic hydroxyl groups is 1. The maximum Gasteiger partial charge on any atom is 0.404 e. The summed E-state index contributed by atoms with van der Waals surface area (Å²) in [5.41, 5.74) is 0.820. The number of benzene rings is 1. The molecule has 0 saturated heterocycles. The molecule has 0 aromatic heterocycles. The van der Waals surface area contributed by atoms with E-state index in [1.165, 1.54) is 6.07 Å². The van der Waals surface area contributed by atoms with Crippen LogP contribution in [0.15, 0.2) is 24.3 Å². The van der Waals surface area contributed by atoms with Gasteiger partial charge in [0.25, 0.3) is 5.91 Å². The van der Waals surface area contributed by atoms with Gasteiger partial charge in [0.1, 0.15) is 0 Å². The van der Waals surface area contributed by atoms with E-state index in [-0.39, 0.29) is 49.9 Å². The van der Waals surface area contributed by atoms with E-state index in [2.05, 4.69) is 10.6 Å². The summed E-state index contributed by atoms with van der Waals surface area (Å²) in [4.78, 5) is 48.6. The Morgan fingerprint density at radius 2 is 1.89 bits per heavy atom. The quantitative estimate of drug-likeness (QED) is 0.477. The number of carboxylic acid groups (broad SMARTS) is 1. The highest BCUT2D eigenvalue weighted by Gasteiger charge is 2.25. The minimum absolute atomic E-state index is 0.0314. The highest BCUT2D eigenvalue weighted by Crippen LogP contribution is 2.12. The minimum atomic E-state index is -1.18. The Balaban J connectivity index is 2.95. The van der Waals surface area contributed by atoms with Crippen LogP contribution < -0.4 is 10.6 Å². The molecule has 1 atom stereocenters. The van der Waals surface area contributed by atoms with Crippen molar-refractivity contribution in [2.75, 3.05) is 19.7 Å². The Bertz CT molecular complexity index is 707. The highest BCUT2D eigenvalue weighted by molar-refractivity contribution is 6.04. The summed E-state index contributed by atoms with van der Waals surface area (Å²) < 4.78 is 0. The Labute approximate surface area is 163 Å². The first-order valence-corrected chi connectivity index (χ1v) is 9.06. The van der Waals surface area contributed by atoms with Crippen molar-refractivity contribution in [1.29, 1.82) is 0 Å². The van der Waals surface area contributed by atoms with Gasteiger partial charge < -0.3 is 20.8 Å². The van der Waals surface area contributed by atoms with Crippen LogP contribution in [0.5, 0.6) is 0 Å². The second-order valence-electron chi connectivity index (χ2n) is 6.46. The number of hydrogen-bond acceptors (Lipinski definition) is 5. The molecule has 1 rings (SSSR count). The molecule has 1 unspecified atom stereocenters. The van der Waals surface area contributed by atoms with Crippen molar-refractivity contribution in [3.05, 3.63) is 35.4 Å². The van der Waals surface area contributed by atoms with Crippen LogP contribution in [0, 0.1) is 5.92 Å². The van der Waals surface area contributed by atoms with Crippen LogP contribution in [0.25, 0.3) is 0 Å². The van der Waals surface area contributed by atoms with Crippen molar-refractivity contribution in [2.45, 2.75) is 33.2 Å². The molecular weight excluding hydrogens is 366 g/mol. The molecule has 28 heavy (non-hydrogen) atoms. The van der Waals surface area contributed by atoms with Gasteiger partial charge in [-0.05, 0) is 23.6 Å². The molecule has 0 aliphatic rings. The standard InChI is InChI=1S/C19H27N3O6/c1-3-13(2)12-22(18(26)20-11-16(24)7-8-23)17(25)15-6-4-5-14(9-15)10-21-19(27)28/h4-6,9,13,21,23H,3,7-8,10-12H2,1-2H3,(H,20,26)(H,27,28). The second-order valence-corrected chi connectivity index (χ2v) is 6.46. The lowest BCUT2D eigenvalue weighted by Gasteiger charge is -2.24. The average Bonchev–Trinajstić information content (AvgIpc) is 2.68. The fourth-order valence-corrected chi connectivity index (χ4v) is 2.33. The molecule has 0 fully saturated rings. The van der Waals surface area contributed by atoms with Gasteiger partial charge in [-0.15, -0.1) is 0 Å². The van der Waals surface area contributed by atoms with Gasteiger partial charge in [0.2, 0.25) is 0 Å². The van der Waals surface area contributed by atoms with Crippen LogP contribution in [0.1, 0.15) is 42.6 Å². The molecule has 9 nitrogen and oxygen atoms in total. The van der Waals surface area contributed by atoms with Crippen LogP contribution in [0.2, 0.25) is 0 Å². The number of hydrogen-bond donors (Lipinski definition) is 4. The van der Waals surface area contributed by atoms with E-state index in [1.54, 1.807) is 18.2 Å². The van der Waals surface area contributed by atoms with Gasteiger partial charge >= 0.3 is 12.1 Å². The van der Waals surface area contributed by atoms with Gasteiger partial charge in [-0.25, -0.2) is 9.59 Å². The Morgan fingerprint density at radius 3 is 2.50 bits per heavy atom.